The molecule has 0 saturated carbocycles. The summed E-state index contributed by atoms with van der Waals surface area (Å²) in [5.41, 5.74) is -1.03. The minimum absolute atomic E-state index is 0.0162. The fourth-order valence-corrected chi connectivity index (χ4v) is 1.30. The van der Waals surface area contributed by atoms with Gasteiger partial charge in [-0.2, -0.15) is 13.2 Å². The van der Waals surface area contributed by atoms with Crippen LogP contribution >= 0.6 is 0 Å². The van der Waals surface area contributed by atoms with Crippen LogP contribution in [-0.4, -0.2) is 30.3 Å². The number of carbonyl (C=O) groups excluding carboxylic acids is 1. The number of halogens is 3. The topological polar surface area (TPSA) is 78.7 Å². The zero-order valence-electron chi connectivity index (χ0n) is 10.3. The fourth-order valence-electron chi connectivity index (χ4n) is 1.30. The van der Waals surface area contributed by atoms with Gasteiger partial charge >= 0.3 is 12.1 Å². The second kappa shape index (κ2) is 6.22. The fraction of sp³-hybridized carbons (Fsp3) is 0.364. The van der Waals surface area contributed by atoms with Crippen LogP contribution in [0.4, 0.5) is 18.9 Å². The predicted molar refractivity (Wildman–Crippen MR) is 60.6 cm³/mol. The summed E-state index contributed by atoms with van der Waals surface area (Å²) in [7, 11) is 0. The Balaban J connectivity index is 3.01. The standard InChI is InChI=1S/C11H10F3NO5/c1-2-19-10(16)8-4-3-7(5-9(8)15(17)18)20-6-11(12,13)14/h3-5H,2,6H2,1H3. The molecule has 0 aliphatic rings. The molecule has 9 heteroatoms. The number of hydrogen-bond acceptors (Lipinski definition) is 5. The maximum absolute atomic E-state index is 12.0. The molecule has 0 N–H and O–H groups in total. The molecule has 1 aromatic rings. The molecule has 0 unspecified atom stereocenters. The molecule has 20 heavy (non-hydrogen) atoms. The Kier molecular flexibility index (Phi) is 4.89. The van der Waals surface area contributed by atoms with Crippen LogP contribution < -0.4 is 4.74 Å². The minimum atomic E-state index is -4.56. The molecule has 1 aromatic carbocycles. The van der Waals surface area contributed by atoms with Crippen molar-refractivity contribution in [3.63, 3.8) is 0 Å². The Hall–Kier alpha value is -2.32. The molecule has 0 heterocycles. The molecule has 0 aromatic heterocycles. The number of rotatable bonds is 5. The Morgan fingerprint density at radius 3 is 2.55 bits per heavy atom. The number of nitrogens with zero attached hydrogens (tertiary/aromatic N) is 1. The van der Waals surface area contributed by atoms with E-state index in [1.165, 1.54) is 6.92 Å². The summed E-state index contributed by atoms with van der Waals surface area (Å²) in [6, 6.07) is 2.77. The molecular formula is C11H10F3NO5. The normalized spacial score (nSPS) is 11.0. The number of benzene rings is 1. The van der Waals surface area contributed by atoms with Crippen molar-refractivity contribution >= 4 is 11.7 Å². The first kappa shape index (κ1) is 15.7. The van der Waals surface area contributed by atoms with Gasteiger partial charge in [-0.25, -0.2) is 4.79 Å². The van der Waals surface area contributed by atoms with Crippen LogP contribution in [-0.2, 0) is 4.74 Å². The maximum Gasteiger partial charge on any atom is 0.422 e. The molecule has 1 rings (SSSR count). The second-order valence-electron chi connectivity index (χ2n) is 3.56. The van der Waals surface area contributed by atoms with Crippen LogP contribution in [0.15, 0.2) is 18.2 Å². The zero-order chi connectivity index (χ0) is 15.3. The lowest BCUT2D eigenvalue weighted by atomic mass is 10.1. The number of nitro groups is 1. The lowest BCUT2D eigenvalue weighted by molar-refractivity contribution is -0.385. The highest BCUT2D eigenvalue weighted by atomic mass is 19.4. The molecule has 6 nitrogen and oxygen atoms in total. The third-order valence-corrected chi connectivity index (χ3v) is 2.06. The van der Waals surface area contributed by atoms with Crippen molar-refractivity contribution in [1.29, 1.82) is 0 Å². The van der Waals surface area contributed by atoms with Crippen molar-refractivity contribution in [2.75, 3.05) is 13.2 Å². The Morgan fingerprint density at radius 1 is 1.40 bits per heavy atom. The lowest BCUT2D eigenvalue weighted by Crippen LogP contribution is -2.19. The van der Waals surface area contributed by atoms with Crippen LogP contribution in [0.3, 0.4) is 0 Å². The number of ether oxygens (including phenoxy) is 2. The van der Waals surface area contributed by atoms with Crippen molar-refractivity contribution < 1.29 is 32.4 Å². The van der Waals surface area contributed by atoms with Crippen LogP contribution in [0.25, 0.3) is 0 Å². The van der Waals surface area contributed by atoms with Crippen molar-refractivity contribution in [3.05, 3.63) is 33.9 Å². The number of hydrogen-bond donors (Lipinski definition) is 0. The van der Waals surface area contributed by atoms with Crippen molar-refractivity contribution in [2.24, 2.45) is 0 Å². The molecule has 0 radical (unpaired) electrons. The van der Waals surface area contributed by atoms with Gasteiger partial charge < -0.3 is 9.47 Å². The van der Waals surface area contributed by atoms with Gasteiger partial charge in [-0.1, -0.05) is 0 Å². The summed E-state index contributed by atoms with van der Waals surface area (Å²) in [4.78, 5) is 21.4. The molecule has 0 atom stereocenters. The van der Waals surface area contributed by atoms with E-state index in [2.05, 4.69) is 9.47 Å². The SMILES string of the molecule is CCOC(=O)c1ccc(OCC(F)(F)F)cc1[N+](=O)[O-]. The van der Waals surface area contributed by atoms with Gasteiger partial charge in [0, 0.05) is 0 Å². The minimum Gasteiger partial charge on any atom is -0.484 e. The Morgan fingerprint density at radius 2 is 2.05 bits per heavy atom. The van der Waals surface area contributed by atoms with E-state index in [-0.39, 0.29) is 17.9 Å². The average Bonchev–Trinajstić information content (AvgIpc) is 2.35. The third kappa shape index (κ3) is 4.41. The smallest absolute Gasteiger partial charge is 0.422 e. The predicted octanol–water partition coefficient (Wildman–Crippen LogP) is 2.71. The zero-order valence-corrected chi connectivity index (χ0v) is 10.3. The summed E-state index contributed by atoms with van der Waals surface area (Å²) in [5.74, 6) is -1.29. The summed E-state index contributed by atoms with van der Waals surface area (Å²) in [6.07, 6.45) is -4.56. The van der Waals surface area contributed by atoms with Gasteiger partial charge in [-0.3, -0.25) is 10.1 Å². The van der Waals surface area contributed by atoms with E-state index in [1.54, 1.807) is 0 Å². The number of carbonyl (C=O) groups is 1. The maximum atomic E-state index is 12.0. The highest BCUT2D eigenvalue weighted by Gasteiger charge is 2.29. The first-order valence-corrected chi connectivity index (χ1v) is 5.39. The largest absolute Gasteiger partial charge is 0.484 e. The number of esters is 1. The van der Waals surface area contributed by atoms with Gasteiger partial charge in [0.05, 0.1) is 17.6 Å². The van der Waals surface area contributed by atoms with Gasteiger partial charge in [0.15, 0.2) is 6.61 Å². The van der Waals surface area contributed by atoms with Crippen molar-refractivity contribution in [2.45, 2.75) is 13.1 Å². The van der Waals surface area contributed by atoms with E-state index in [4.69, 9.17) is 0 Å². The highest BCUT2D eigenvalue weighted by Crippen LogP contribution is 2.26. The van der Waals surface area contributed by atoms with Gasteiger partial charge in [-0.15, -0.1) is 0 Å². The second-order valence-corrected chi connectivity index (χ2v) is 3.56. The van der Waals surface area contributed by atoms with Crippen LogP contribution in [0.2, 0.25) is 0 Å². The molecule has 110 valence electrons. The molecular weight excluding hydrogens is 283 g/mol. The van der Waals surface area contributed by atoms with E-state index >= 15 is 0 Å². The Bertz CT molecular complexity index is 515. The van der Waals surface area contributed by atoms with E-state index in [9.17, 15) is 28.1 Å². The van der Waals surface area contributed by atoms with Gasteiger partial charge in [0.2, 0.25) is 0 Å². The molecule has 0 spiro atoms. The van der Waals surface area contributed by atoms with Gasteiger partial charge in [0.1, 0.15) is 11.3 Å². The van der Waals surface area contributed by atoms with Crippen molar-refractivity contribution in [3.8, 4) is 5.75 Å². The first-order valence-electron chi connectivity index (χ1n) is 5.39. The molecule has 0 fully saturated rings. The molecule has 0 aliphatic heterocycles. The van der Waals surface area contributed by atoms with E-state index in [0.717, 1.165) is 18.2 Å². The quantitative estimate of drug-likeness (QED) is 0.474. The Labute approximate surface area is 111 Å². The highest BCUT2D eigenvalue weighted by molar-refractivity contribution is 5.94. The van der Waals surface area contributed by atoms with Gasteiger partial charge in [0.25, 0.3) is 5.69 Å². The molecule has 0 bridgehead atoms. The van der Waals surface area contributed by atoms with Crippen LogP contribution in [0.1, 0.15) is 17.3 Å². The van der Waals surface area contributed by atoms with E-state index in [0.29, 0.717) is 0 Å². The summed E-state index contributed by atoms with van der Waals surface area (Å²) in [5, 5.41) is 10.8. The van der Waals surface area contributed by atoms with Crippen LogP contribution in [0.5, 0.6) is 5.75 Å². The summed E-state index contributed by atoms with van der Waals surface area (Å²) >= 11 is 0. The molecule has 0 saturated heterocycles. The van der Waals surface area contributed by atoms with Crippen LogP contribution in [0, 0.1) is 10.1 Å². The van der Waals surface area contributed by atoms with E-state index < -0.39 is 29.4 Å². The molecule has 0 amide bonds. The lowest BCUT2D eigenvalue weighted by Gasteiger charge is -2.09. The summed E-state index contributed by atoms with van der Waals surface area (Å²) in [6.45, 7) is -0.0459. The summed E-state index contributed by atoms with van der Waals surface area (Å²) < 4.78 is 44.9. The first-order chi connectivity index (χ1) is 9.24. The van der Waals surface area contributed by atoms with Crippen molar-refractivity contribution in [1.82, 2.24) is 0 Å². The molecule has 0 aliphatic carbocycles. The number of alkyl halides is 3. The van der Waals surface area contributed by atoms with E-state index in [1.807, 2.05) is 0 Å². The van der Waals surface area contributed by atoms with Gasteiger partial charge in [-0.05, 0) is 19.1 Å². The average molecular weight is 293 g/mol. The third-order valence-electron chi connectivity index (χ3n) is 2.06. The number of nitro benzene ring substituents is 1. The monoisotopic (exact) mass is 293 g/mol.